The van der Waals surface area contributed by atoms with E-state index in [-0.39, 0.29) is 29.2 Å². The first-order valence-corrected chi connectivity index (χ1v) is 11.8. The fourth-order valence-corrected chi connectivity index (χ4v) is 4.38. The molecule has 8 nitrogen and oxygen atoms in total. The second kappa shape index (κ2) is 9.16. The molecule has 5 aromatic rings. The number of hydrogen-bond acceptors (Lipinski definition) is 8. The molecule has 3 heterocycles. The highest BCUT2D eigenvalue weighted by molar-refractivity contribution is 5.85. The van der Waals surface area contributed by atoms with Crippen LogP contribution in [0.1, 0.15) is 40.9 Å². The van der Waals surface area contributed by atoms with Crippen LogP contribution < -0.4 is 16.5 Å². The van der Waals surface area contributed by atoms with Crippen LogP contribution in [0.3, 0.4) is 0 Å². The standard InChI is InChI=1S/C28H26FN5O3/c1-13-10-19(17(5)32-22-9-7-15(3)31-23(22)27-33-34-28(30)37-27)26-20(11-13)24(35)16(4)25(36-26)18-8-6-14(2)21(29)12-18/h6-12,17,32H,1-5H3,(H2,30,34). The highest BCUT2D eigenvalue weighted by Gasteiger charge is 2.21. The first-order chi connectivity index (χ1) is 17.6. The van der Waals surface area contributed by atoms with E-state index in [0.717, 1.165) is 16.8 Å². The van der Waals surface area contributed by atoms with Gasteiger partial charge in [0.2, 0.25) is 0 Å². The van der Waals surface area contributed by atoms with E-state index < -0.39 is 0 Å². The molecule has 0 bridgehead atoms. The number of aromatic nitrogens is 3. The number of nitrogens with two attached hydrogens (primary N) is 1. The van der Waals surface area contributed by atoms with Gasteiger partial charge in [0.25, 0.3) is 5.89 Å². The first-order valence-electron chi connectivity index (χ1n) is 11.8. The van der Waals surface area contributed by atoms with Gasteiger partial charge in [-0.3, -0.25) is 4.79 Å². The second-order valence-corrected chi connectivity index (χ2v) is 9.24. The summed E-state index contributed by atoms with van der Waals surface area (Å²) in [6, 6.07) is 11.9. The van der Waals surface area contributed by atoms with Crippen molar-refractivity contribution in [2.45, 2.75) is 40.7 Å². The predicted octanol–water partition coefficient (Wildman–Crippen LogP) is 6.03. The highest BCUT2D eigenvalue weighted by Crippen LogP contribution is 2.34. The van der Waals surface area contributed by atoms with Gasteiger partial charge in [-0.1, -0.05) is 23.3 Å². The molecule has 188 valence electrons. The molecule has 37 heavy (non-hydrogen) atoms. The Balaban J connectivity index is 1.65. The van der Waals surface area contributed by atoms with Gasteiger partial charge in [0.1, 0.15) is 17.2 Å². The predicted molar refractivity (Wildman–Crippen MR) is 141 cm³/mol. The third-order valence-corrected chi connectivity index (χ3v) is 6.34. The molecule has 0 fully saturated rings. The molecule has 0 radical (unpaired) electrons. The zero-order chi connectivity index (χ0) is 26.4. The molecule has 2 aromatic carbocycles. The van der Waals surface area contributed by atoms with Crippen molar-refractivity contribution in [3.63, 3.8) is 0 Å². The summed E-state index contributed by atoms with van der Waals surface area (Å²) in [7, 11) is 0. The van der Waals surface area contributed by atoms with Crippen molar-refractivity contribution in [2.24, 2.45) is 0 Å². The summed E-state index contributed by atoms with van der Waals surface area (Å²) in [5, 5.41) is 11.6. The number of nitrogen functional groups attached to an aromatic ring is 1. The van der Waals surface area contributed by atoms with Crippen molar-refractivity contribution < 1.29 is 13.2 Å². The summed E-state index contributed by atoms with van der Waals surface area (Å²) >= 11 is 0. The van der Waals surface area contributed by atoms with E-state index in [1.54, 1.807) is 26.0 Å². The number of nitrogens with zero attached hydrogens (tertiary/aromatic N) is 3. The fourth-order valence-electron chi connectivity index (χ4n) is 4.38. The number of halogens is 1. The van der Waals surface area contributed by atoms with Gasteiger partial charge in [-0.05, 0) is 70.0 Å². The van der Waals surface area contributed by atoms with Gasteiger partial charge in [0, 0.05) is 22.4 Å². The minimum Gasteiger partial charge on any atom is -0.455 e. The van der Waals surface area contributed by atoms with Crippen LogP contribution in [0, 0.1) is 33.5 Å². The minimum atomic E-state index is -0.361. The van der Waals surface area contributed by atoms with Crippen molar-refractivity contribution in [2.75, 3.05) is 11.1 Å². The van der Waals surface area contributed by atoms with Gasteiger partial charge in [0.05, 0.1) is 17.1 Å². The molecular formula is C28H26FN5O3. The number of aryl methyl sites for hydroxylation is 3. The lowest BCUT2D eigenvalue weighted by Gasteiger charge is -2.20. The van der Waals surface area contributed by atoms with Crippen LogP contribution in [-0.2, 0) is 0 Å². The number of nitrogens with one attached hydrogen (secondary N) is 1. The monoisotopic (exact) mass is 499 g/mol. The fraction of sp³-hybridized carbons (Fsp3) is 0.214. The zero-order valence-electron chi connectivity index (χ0n) is 21.1. The Morgan fingerprint density at radius 2 is 1.78 bits per heavy atom. The number of fused-ring (bicyclic) bond motifs is 1. The van der Waals surface area contributed by atoms with Crippen LogP contribution in [0.25, 0.3) is 33.9 Å². The van der Waals surface area contributed by atoms with Crippen molar-refractivity contribution in [1.29, 1.82) is 0 Å². The lowest BCUT2D eigenvalue weighted by atomic mass is 9.98. The molecule has 0 aliphatic heterocycles. The SMILES string of the molecule is Cc1cc(C(C)Nc2ccc(C)nc2-c2nnc(N)o2)c2oc(-c3ccc(C)c(F)c3)c(C)c(=O)c2c1. The Kier molecular flexibility index (Phi) is 5.99. The third kappa shape index (κ3) is 4.44. The van der Waals surface area contributed by atoms with E-state index in [1.807, 2.05) is 45.0 Å². The molecule has 0 aliphatic carbocycles. The molecule has 1 atom stereocenters. The largest absolute Gasteiger partial charge is 0.455 e. The van der Waals surface area contributed by atoms with Gasteiger partial charge in [-0.25, -0.2) is 9.37 Å². The molecule has 0 saturated carbocycles. The molecule has 3 N–H and O–H groups in total. The maximum atomic E-state index is 14.4. The van der Waals surface area contributed by atoms with Gasteiger partial charge in [-0.2, -0.15) is 0 Å². The molecule has 0 amide bonds. The van der Waals surface area contributed by atoms with Gasteiger partial charge >= 0.3 is 6.01 Å². The number of benzene rings is 2. The van der Waals surface area contributed by atoms with E-state index in [2.05, 4.69) is 20.5 Å². The van der Waals surface area contributed by atoms with Crippen LogP contribution in [-0.4, -0.2) is 15.2 Å². The average molecular weight is 500 g/mol. The number of anilines is 2. The van der Waals surface area contributed by atoms with Gasteiger partial charge in [0.15, 0.2) is 11.1 Å². The van der Waals surface area contributed by atoms with E-state index in [9.17, 15) is 9.18 Å². The van der Waals surface area contributed by atoms with Crippen LogP contribution in [0.2, 0.25) is 0 Å². The number of pyridine rings is 1. The number of hydrogen-bond donors (Lipinski definition) is 2. The second-order valence-electron chi connectivity index (χ2n) is 9.24. The topological polar surface area (TPSA) is 120 Å². The summed E-state index contributed by atoms with van der Waals surface area (Å²) < 4.78 is 26.1. The van der Waals surface area contributed by atoms with E-state index >= 15 is 0 Å². The Morgan fingerprint density at radius 1 is 1.00 bits per heavy atom. The van der Waals surface area contributed by atoms with E-state index in [4.69, 9.17) is 14.6 Å². The van der Waals surface area contributed by atoms with Crippen LogP contribution in [0.5, 0.6) is 0 Å². The van der Waals surface area contributed by atoms with Gasteiger partial charge < -0.3 is 19.9 Å². The van der Waals surface area contributed by atoms with Crippen LogP contribution in [0.4, 0.5) is 16.1 Å². The highest BCUT2D eigenvalue weighted by atomic mass is 19.1. The molecule has 9 heteroatoms. The van der Waals surface area contributed by atoms with Crippen molar-refractivity contribution in [3.8, 4) is 22.9 Å². The van der Waals surface area contributed by atoms with Gasteiger partial charge in [-0.15, -0.1) is 5.10 Å². The smallest absolute Gasteiger partial charge is 0.313 e. The first kappa shape index (κ1) is 24.2. The summed E-state index contributed by atoms with van der Waals surface area (Å²) in [6.07, 6.45) is 0. The summed E-state index contributed by atoms with van der Waals surface area (Å²) in [6.45, 7) is 9.12. The quantitative estimate of drug-likeness (QED) is 0.301. The maximum Gasteiger partial charge on any atom is 0.313 e. The lowest BCUT2D eigenvalue weighted by Crippen LogP contribution is -2.13. The normalized spacial score (nSPS) is 12.2. The summed E-state index contributed by atoms with van der Waals surface area (Å²) in [4.78, 5) is 18.0. The third-order valence-electron chi connectivity index (χ3n) is 6.34. The molecule has 5 rings (SSSR count). The average Bonchev–Trinajstić information content (AvgIpc) is 3.30. The Morgan fingerprint density at radius 3 is 2.49 bits per heavy atom. The molecule has 3 aromatic heterocycles. The molecule has 0 saturated heterocycles. The molecular weight excluding hydrogens is 473 g/mol. The van der Waals surface area contributed by atoms with Crippen LogP contribution >= 0.6 is 0 Å². The van der Waals surface area contributed by atoms with E-state index in [1.165, 1.54) is 6.07 Å². The Hall–Kier alpha value is -4.53. The Bertz CT molecular complexity index is 1720. The lowest BCUT2D eigenvalue weighted by molar-refractivity contribution is 0.587. The molecule has 0 spiro atoms. The maximum absolute atomic E-state index is 14.4. The van der Waals surface area contributed by atoms with E-state index in [0.29, 0.717) is 44.8 Å². The van der Waals surface area contributed by atoms with Crippen LogP contribution in [0.15, 0.2) is 56.1 Å². The van der Waals surface area contributed by atoms with Crippen molar-refractivity contribution >= 4 is 22.7 Å². The minimum absolute atomic E-state index is 0.0563. The molecule has 1 unspecified atom stereocenters. The summed E-state index contributed by atoms with van der Waals surface area (Å²) in [5.41, 5.74) is 10.9. The zero-order valence-corrected chi connectivity index (χ0v) is 21.1. The van der Waals surface area contributed by atoms with Crippen molar-refractivity contribution in [1.82, 2.24) is 15.2 Å². The summed E-state index contributed by atoms with van der Waals surface area (Å²) in [5.74, 6) is 0.170. The molecule has 0 aliphatic rings. The number of rotatable bonds is 5. The Labute approximate surface area is 212 Å². The van der Waals surface area contributed by atoms with Crippen molar-refractivity contribution in [3.05, 3.63) is 86.5 Å².